The molecule has 0 aliphatic heterocycles. The number of nitrogens with one attached hydrogen (secondary N) is 2. The predicted molar refractivity (Wildman–Crippen MR) is 245 cm³/mol. The number of aryl methyl sites for hydroxylation is 1. The first kappa shape index (κ1) is 44.7. The molecule has 4 N–H and O–H groups in total. The molecule has 1 fully saturated rings. The van der Waals surface area contributed by atoms with Crippen molar-refractivity contribution in [2.75, 3.05) is 20.1 Å². The molecule has 0 radical (unpaired) electrons. The third-order valence-electron chi connectivity index (χ3n) is 12.6. The standard InChI is InChI=1S/C46H58N4O8S2Si/c1-45(2,3)61(5,6)58-38(33-18-21-36(51)42-34(33)19-22-41(52)48-42)29-47-28-30-13-20-35-37(27-30)57-44(54)50(35)24-8-7-23-49(4)31-14-16-32(17-15-31)56-43(53)46(55,39-11-9-25-59-39)40-12-10-26-60-40/h9-13,18-22,25-27,31-32,38,47,51,55H,7-8,14-17,23-24,28-29H2,1-6H3,(H,48,52)/t31?,32?,38-/m1/s1. The van der Waals surface area contributed by atoms with Crippen molar-refractivity contribution >= 4 is 59.0 Å². The van der Waals surface area contributed by atoms with Gasteiger partial charge in [-0.15, -0.1) is 22.7 Å². The Morgan fingerprint density at radius 3 is 2.36 bits per heavy atom. The number of carbonyl (C=O) groups excluding carboxylic acids is 1. The van der Waals surface area contributed by atoms with E-state index in [1.54, 1.807) is 28.8 Å². The van der Waals surface area contributed by atoms with E-state index in [4.69, 9.17) is 13.6 Å². The number of aliphatic hydroxyl groups is 1. The second-order valence-corrected chi connectivity index (χ2v) is 24.4. The van der Waals surface area contributed by atoms with E-state index in [-0.39, 0.29) is 34.3 Å². The fourth-order valence-corrected chi connectivity index (χ4v) is 11.0. The maximum absolute atomic E-state index is 13.4. The number of fused-ring (bicyclic) bond motifs is 2. The number of aromatic hydroxyl groups is 1. The highest BCUT2D eigenvalue weighted by atomic mass is 32.1. The predicted octanol–water partition coefficient (Wildman–Crippen LogP) is 8.62. The number of rotatable bonds is 17. The number of benzene rings is 2. The number of H-pyrrole nitrogens is 1. The van der Waals surface area contributed by atoms with Gasteiger partial charge in [-0.25, -0.2) is 9.59 Å². The summed E-state index contributed by atoms with van der Waals surface area (Å²) in [6.07, 6.45) is 4.41. The average Bonchev–Trinajstić information content (AvgIpc) is 4.02. The Morgan fingerprint density at radius 1 is 1.00 bits per heavy atom. The number of phenolic OH excluding ortho intramolecular Hbond substituents is 1. The molecular weight excluding hydrogens is 829 g/mol. The fraction of sp³-hybridized carbons (Fsp3) is 0.457. The molecule has 1 aliphatic carbocycles. The maximum atomic E-state index is 13.4. The van der Waals surface area contributed by atoms with Gasteiger partial charge in [0.2, 0.25) is 11.2 Å². The number of thiophene rings is 2. The first-order valence-corrected chi connectivity index (χ1v) is 25.8. The number of nitrogens with zero attached hydrogens (tertiary/aromatic N) is 2. The Labute approximate surface area is 365 Å². The van der Waals surface area contributed by atoms with E-state index < -0.39 is 19.9 Å². The minimum absolute atomic E-state index is 0.0110. The van der Waals surface area contributed by atoms with E-state index in [9.17, 15) is 24.6 Å². The molecule has 0 amide bonds. The van der Waals surface area contributed by atoms with Crippen molar-refractivity contribution < 1.29 is 28.6 Å². The molecule has 6 aromatic rings. The van der Waals surface area contributed by atoms with Crippen LogP contribution in [0, 0.1) is 0 Å². The second-order valence-electron chi connectivity index (χ2n) is 17.8. The number of esters is 1. The summed E-state index contributed by atoms with van der Waals surface area (Å²) in [5.74, 6) is -0.967. The van der Waals surface area contributed by atoms with Crippen LogP contribution in [0.15, 0.2) is 91.5 Å². The number of ether oxygens (including phenoxy) is 1. The lowest BCUT2D eigenvalue weighted by Gasteiger charge is -2.39. The van der Waals surface area contributed by atoms with Crippen molar-refractivity contribution in [3.05, 3.63) is 119 Å². The number of oxazole rings is 1. The van der Waals surface area contributed by atoms with Crippen LogP contribution in [0.2, 0.25) is 18.1 Å². The number of carbonyl (C=O) groups is 1. The number of hydrogen-bond acceptors (Lipinski definition) is 12. The van der Waals surface area contributed by atoms with E-state index in [1.165, 1.54) is 28.7 Å². The average molecular weight is 887 g/mol. The Morgan fingerprint density at radius 2 is 1.70 bits per heavy atom. The summed E-state index contributed by atoms with van der Waals surface area (Å²) in [5.41, 5.74) is 1.47. The van der Waals surface area contributed by atoms with Gasteiger partial charge in [0.05, 0.1) is 26.9 Å². The zero-order valence-corrected chi connectivity index (χ0v) is 38.5. The zero-order chi connectivity index (χ0) is 43.5. The Bertz CT molecular complexity index is 2500. The van der Waals surface area contributed by atoms with Gasteiger partial charge in [0.15, 0.2) is 13.9 Å². The lowest BCUT2D eigenvalue weighted by molar-refractivity contribution is -0.169. The van der Waals surface area contributed by atoms with Crippen molar-refractivity contribution in [1.82, 2.24) is 19.8 Å². The fourth-order valence-electron chi connectivity index (χ4n) is 8.01. The first-order valence-electron chi connectivity index (χ1n) is 21.1. The van der Waals surface area contributed by atoms with Gasteiger partial charge in [0.25, 0.3) is 0 Å². The van der Waals surface area contributed by atoms with Crippen LogP contribution in [-0.4, -0.2) is 71.2 Å². The third-order valence-corrected chi connectivity index (χ3v) is 19.1. The van der Waals surface area contributed by atoms with Crippen LogP contribution in [0.25, 0.3) is 22.0 Å². The van der Waals surface area contributed by atoms with E-state index in [0.717, 1.165) is 67.1 Å². The quantitative estimate of drug-likeness (QED) is 0.0397. The minimum atomic E-state index is -2.24. The van der Waals surface area contributed by atoms with E-state index >= 15 is 0 Å². The topological polar surface area (TPSA) is 159 Å². The van der Waals surface area contributed by atoms with Gasteiger partial charge >= 0.3 is 11.7 Å². The van der Waals surface area contributed by atoms with Gasteiger partial charge in [-0.2, -0.15) is 0 Å². The van der Waals surface area contributed by atoms with Gasteiger partial charge < -0.3 is 39.0 Å². The maximum Gasteiger partial charge on any atom is 0.419 e. The number of hydrogen-bond donors (Lipinski definition) is 4. The first-order chi connectivity index (χ1) is 29.0. The Balaban J connectivity index is 0.905. The molecule has 326 valence electrons. The molecule has 15 heteroatoms. The van der Waals surface area contributed by atoms with Crippen molar-refractivity contribution in [1.29, 1.82) is 0 Å². The Kier molecular flexibility index (Phi) is 13.6. The number of pyridine rings is 1. The summed E-state index contributed by atoms with van der Waals surface area (Å²) in [6.45, 7) is 13.4. The van der Waals surface area contributed by atoms with Gasteiger partial charge in [0, 0.05) is 37.1 Å². The molecule has 2 aromatic carbocycles. The van der Waals surface area contributed by atoms with Crippen molar-refractivity contribution in [3.63, 3.8) is 0 Å². The summed E-state index contributed by atoms with van der Waals surface area (Å²) in [7, 11) is -0.106. The molecule has 1 saturated carbocycles. The highest BCUT2D eigenvalue weighted by molar-refractivity contribution is 7.12. The lowest BCUT2D eigenvalue weighted by atomic mass is 9.91. The number of aromatic nitrogens is 2. The van der Waals surface area contributed by atoms with Gasteiger partial charge in [-0.05, 0) is 129 Å². The molecule has 7 rings (SSSR count). The van der Waals surface area contributed by atoms with Crippen LogP contribution in [0.5, 0.6) is 5.75 Å². The molecule has 0 saturated heterocycles. The summed E-state index contributed by atoms with van der Waals surface area (Å²) in [4.78, 5) is 44.8. The zero-order valence-electron chi connectivity index (χ0n) is 35.9. The highest BCUT2D eigenvalue weighted by Gasteiger charge is 2.45. The molecule has 61 heavy (non-hydrogen) atoms. The van der Waals surface area contributed by atoms with E-state index in [1.807, 2.05) is 47.2 Å². The normalized spacial score (nSPS) is 17.0. The number of phenols is 1. The van der Waals surface area contributed by atoms with Gasteiger partial charge in [-0.3, -0.25) is 9.36 Å². The minimum Gasteiger partial charge on any atom is -0.506 e. The van der Waals surface area contributed by atoms with Crippen LogP contribution in [0.4, 0.5) is 0 Å². The van der Waals surface area contributed by atoms with Crippen LogP contribution in [0.3, 0.4) is 0 Å². The molecule has 4 aromatic heterocycles. The van der Waals surface area contributed by atoms with Crippen molar-refractivity contribution in [2.45, 2.75) is 114 Å². The van der Waals surface area contributed by atoms with Crippen molar-refractivity contribution in [2.24, 2.45) is 0 Å². The summed E-state index contributed by atoms with van der Waals surface area (Å²) >= 11 is 2.69. The lowest BCUT2D eigenvalue weighted by Crippen LogP contribution is -2.43. The molecular formula is C46H58N4O8S2Si. The summed E-state index contributed by atoms with van der Waals surface area (Å²) in [5, 5.41) is 30.1. The number of unbranched alkanes of at least 4 members (excludes halogenated alkanes) is 1. The Hall–Kier alpha value is -4.35. The van der Waals surface area contributed by atoms with E-state index in [2.05, 4.69) is 56.1 Å². The summed E-state index contributed by atoms with van der Waals surface area (Å²) < 4.78 is 20.3. The van der Waals surface area contributed by atoms with Crippen LogP contribution in [0.1, 0.15) is 86.3 Å². The SMILES string of the molecule is CN(CCCCn1c(=O)oc2cc(CNC[C@@H](O[Si](C)(C)C(C)(C)C)c3ccc(O)c4[nH]c(=O)ccc34)ccc21)C1CCC(OC(=O)C(O)(c2cccs2)c2cccs2)CC1. The summed E-state index contributed by atoms with van der Waals surface area (Å²) in [6, 6.07) is 20.1. The molecule has 0 spiro atoms. The van der Waals surface area contributed by atoms with Crippen molar-refractivity contribution in [3.8, 4) is 5.75 Å². The number of aromatic amines is 1. The van der Waals surface area contributed by atoms with Gasteiger partial charge in [-0.1, -0.05) is 45.0 Å². The molecule has 0 unspecified atom stereocenters. The van der Waals surface area contributed by atoms with E-state index in [0.29, 0.717) is 46.5 Å². The molecule has 0 bridgehead atoms. The molecule has 1 aliphatic rings. The third kappa shape index (κ3) is 9.83. The highest BCUT2D eigenvalue weighted by Crippen LogP contribution is 2.42. The molecule has 12 nitrogen and oxygen atoms in total. The van der Waals surface area contributed by atoms with Crippen LogP contribution >= 0.6 is 22.7 Å². The van der Waals surface area contributed by atoms with Gasteiger partial charge in [0.1, 0.15) is 11.9 Å². The molecule has 1 atom stereocenters. The monoisotopic (exact) mass is 886 g/mol. The van der Waals surface area contributed by atoms with Crippen LogP contribution < -0.4 is 16.6 Å². The van der Waals surface area contributed by atoms with Crippen LogP contribution in [-0.2, 0) is 32.6 Å². The second kappa shape index (κ2) is 18.6. The smallest absolute Gasteiger partial charge is 0.419 e. The molecule has 4 heterocycles. The largest absolute Gasteiger partial charge is 0.506 e.